The maximum absolute atomic E-state index is 12.3. The van der Waals surface area contributed by atoms with Crippen LogP contribution in [0.15, 0.2) is 35.9 Å². The fourth-order valence-electron chi connectivity index (χ4n) is 2.28. The molecule has 1 fully saturated rings. The van der Waals surface area contributed by atoms with Crippen LogP contribution >= 0.6 is 0 Å². The number of ether oxygens (including phenoxy) is 1. The van der Waals surface area contributed by atoms with E-state index in [0.717, 1.165) is 5.56 Å². The van der Waals surface area contributed by atoms with Gasteiger partial charge >= 0.3 is 0 Å². The zero-order chi connectivity index (χ0) is 13.4. The quantitative estimate of drug-likeness (QED) is 0.814. The van der Waals surface area contributed by atoms with Gasteiger partial charge in [-0.15, -0.1) is 0 Å². The molecule has 0 radical (unpaired) electrons. The van der Waals surface area contributed by atoms with E-state index in [4.69, 9.17) is 4.74 Å². The Labute approximate surface area is 107 Å². The molecule has 1 heterocycles. The first-order chi connectivity index (χ1) is 8.39. The lowest BCUT2D eigenvalue weighted by Crippen LogP contribution is -2.33. The summed E-state index contributed by atoms with van der Waals surface area (Å²) in [5.74, 6) is -0.0668. The molecule has 1 saturated heterocycles. The zero-order valence-electron chi connectivity index (χ0n) is 10.9. The second kappa shape index (κ2) is 4.34. The Hall–Kier alpha value is -1.45. The number of aliphatic hydroxyl groups excluding tert-OH is 1. The minimum absolute atomic E-state index is 0.0668. The first-order valence-electron chi connectivity index (χ1n) is 6.02. The molecule has 1 N–H and O–H groups in total. The summed E-state index contributed by atoms with van der Waals surface area (Å²) >= 11 is 0. The first-order valence-corrected chi connectivity index (χ1v) is 6.02. The third-order valence-electron chi connectivity index (χ3n) is 3.25. The lowest BCUT2D eigenvalue weighted by Gasteiger charge is -2.24. The van der Waals surface area contributed by atoms with Crippen molar-refractivity contribution >= 4 is 11.9 Å². The second-order valence-corrected chi connectivity index (χ2v) is 5.30. The van der Waals surface area contributed by atoms with Crippen molar-refractivity contribution in [3.63, 3.8) is 0 Å². The third kappa shape index (κ3) is 2.11. The number of carbonyl (C=O) groups excluding carboxylic acids is 1. The molecule has 2 rings (SSSR count). The Morgan fingerprint density at radius 2 is 1.83 bits per heavy atom. The molecular formula is C15H18O3. The standard InChI is InChI=1S/C15H18O3/c1-14(2)13(17)12(15(3,10-16)18-14)9-11-7-5-4-6-8-11/h4-9,16H,10H2,1-3H3. The predicted octanol–water partition coefficient (Wildman–Crippen LogP) is 2.20. The SMILES string of the molecule is CC1(C)OC(C)(CO)C(=Cc2ccccc2)C1=O. The molecule has 1 aliphatic heterocycles. The molecule has 0 bridgehead atoms. The molecule has 96 valence electrons. The largest absolute Gasteiger partial charge is 0.393 e. The number of Topliss-reactive ketones (excluding diaryl/α,β-unsaturated/α-hetero) is 1. The molecule has 0 amide bonds. The van der Waals surface area contributed by atoms with Gasteiger partial charge in [-0.3, -0.25) is 4.79 Å². The number of hydrogen-bond donors (Lipinski definition) is 1. The third-order valence-corrected chi connectivity index (χ3v) is 3.25. The van der Waals surface area contributed by atoms with Crippen molar-refractivity contribution in [3.05, 3.63) is 41.5 Å². The van der Waals surface area contributed by atoms with Crippen molar-refractivity contribution in [2.45, 2.75) is 32.0 Å². The molecule has 1 unspecified atom stereocenters. The summed E-state index contributed by atoms with van der Waals surface area (Å²) in [4.78, 5) is 12.3. The van der Waals surface area contributed by atoms with Crippen LogP contribution in [0, 0.1) is 0 Å². The van der Waals surface area contributed by atoms with Gasteiger partial charge in [0.15, 0.2) is 5.78 Å². The summed E-state index contributed by atoms with van der Waals surface area (Å²) in [6.07, 6.45) is 1.80. The molecule has 1 aromatic carbocycles. The highest BCUT2D eigenvalue weighted by atomic mass is 16.5. The van der Waals surface area contributed by atoms with E-state index < -0.39 is 11.2 Å². The van der Waals surface area contributed by atoms with Gasteiger partial charge in [0.2, 0.25) is 0 Å². The molecular weight excluding hydrogens is 228 g/mol. The minimum atomic E-state index is -0.920. The van der Waals surface area contributed by atoms with Crippen LogP contribution in [0.25, 0.3) is 6.08 Å². The average molecular weight is 246 g/mol. The van der Waals surface area contributed by atoms with Gasteiger partial charge in [0, 0.05) is 5.57 Å². The van der Waals surface area contributed by atoms with E-state index >= 15 is 0 Å². The maximum atomic E-state index is 12.3. The molecule has 0 aromatic heterocycles. The van der Waals surface area contributed by atoms with Crippen molar-refractivity contribution in [2.24, 2.45) is 0 Å². The number of benzene rings is 1. The van der Waals surface area contributed by atoms with Gasteiger partial charge in [0.05, 0.1) is 6.61 Å². The molecule has 0 saturated carbocycles. The van der Waals surface area contributed by atoms with E-state index in [2.05, 4.69) is 0 Å². The Bertz CT molecular complexity index is 488. The van der Waals surface area contributed by atoms with Crippen LogP contribution in [0.3, 0.4) is 0 Å². The summed E-state index contributed by atoms with van der Waals surface area (Å²) in [5, 5.41) is 9.51. The average Bonchev–Trinajstić information content (AvgIpc) is 2.51. The Balaban J connectivity index is 2.48. The van der Waals surface area contributed by atoms with Gasteiger partial charge in [-0.05, 0) is 32.4 Å². The number of hydrogen-bond acceptors (Lipinski definition) is 3. The van der Waals surface area contributed by atoms with Crippen LogP contribution in [0.4, 0.5) is 0 Å². The van der Waals surface area contributed by atoms with E-state index in [9.17, 15) is 9.90 Å². The summed E-state index contributed by atoms with van der Waals surface area (Å²) in [5.41, 5.74) is -0.336. The molecule has 1 aromatic rings. The van der Waals surface area contributed by atoms with Crippen LogP contribution in [0.1, 0.15) is 26.3 Å². The van der Waals surface area contributed by atoms with Crippen LogP contribution in [-0.4, -0.2) is 28.7 Å². The molecule has 1 atom stereocenters. The van der Waals surface area contributed by atoms with Crippen molar-refractivity contribution < 1.29 is 14.6 Å². The van der Waals surface area contributed by atoms with Crippen LogP contribution in [-0.2, 0) is 9.53 Å². The second-order valence-electron chi connectivity index (χ2n) is 5.30. The Kier molecular flexibility index (Phi) is 3.13. The van der Waals surface area contributed by atoms with E-state index in [1.165, 1.54) is 0 Å². The van der Waals surface area contributed by atoms with Crippen molar-refractivity contribution in [3.8, 4) is 0 Å². The molecule has 1 aliphatic rings. The first kappa shape index (κ1) is 13.0. The van der Waals surface area contributed by atoms with Gasteiger partial charge in [0.1, 0.15) is 11.2 Å². The summed E-state index contributed by atoms with van der Waals surface area (Å²) < 4.78 is 5.71. The highest BCUT2D eigenvalue weighted by molar-refractivity contribution is 6.08. The van der Waals surface area contributed by atoms with Gasteiger partial charge in [-0.2, -0.15) is 0 Å². The highest BCUT2D eigenvalue weighted by Gasteiger charge is 2.51. The lowest BCUT2D eigenvalue weighted by molar-refractivity contribution is -0.135. The topological polar surface area (TPSA) is 46.5 Å². The van der Waals surface area contributed by atoms with E-state index in [1.54, 1.807) is 26.8 Å². The van der Waals surface area contributed by atoms with Gasteiger partial charge < -0.3 is 9.84 Å². The van der Waals surface area contributed by atoms with Crippen molar-refractivity contribution in [1.82, 2.24) is 0 Å². The summed E-state index contributed by atoms with van der Waals surface area (Å²) in [6.45, 7) is 5.00. The van der Waals surface area contributed by atoms with Gasteiger partial charge in [-0.25, -0.2) is 0 Å². The van der Waals surface area contributed by atoms with Crippen molar-refractivity contribution in [1.29, 1.82) is 0 Å². The van der Waals surface area contributed by atoms with E-state index in [1.807, 2.05) is 30.3 Å². The van der Waals surface area contributed by atoms with Gasteiger partial charge in [-0.1, -0.05) is 30.3 Å². The number of carbonyl (C=O) groups is 1. The van der Waals surface area contributed by atoms with Crippen molar-refractivity contribution in [2.75, 3.05) is 6.61 Å². The lowest BCUT2D eigenvalue weighted by atomic mass is 9.90. The fraction of sp³-hybridized carbons (Fsp3) is 0.400. The summed E-state index contributed by atoms with van der Waals surface area (Å²) in [7, 11) is 0. The van der Waals surface area contributed by atoms with Crippen LogP contribution < -0.4 is 0 Å². The minimum Gasteiger partial charge on any atom is -0.393 e. The zero-order valence-corrected chi connectivity index (χ0v) is 10.9. The number of aliphatic hydroxyl groups is 1. The normalized spacial score (nSPS) is 28.9. The molecule has 0 spiro atoms. The maximum Gasteiger partial charge on any atom is 0.193 e. The number of rotatable bonds is 2. The predicted molar refractivity (Wildman–Crippen MR) is 70.1 cm³/mol. The fourth-order valence-corrected chi connectivity index (χ4v) is 2.28. The number of ketones is 1. The smallest absolute Gasteiger partial charge is 0.193 e. The highest BCUT2D eigenvalue weighted by Crippen LogP contribution is 2.39. The monoisotopic (exact) mass is 246 g/mol. The van der Waals surface area contributed by atoms with Crippen LogP contribution in [0.5, 0.6) is 0 Å². The molecule has 3 heteroatoms. The Morgan fingerprint density at radius 1 is 1.22 bits per heavy atom. The molecule has 0 aliphatic carbocycles. The van der Waals surface area contributed by atoms with E-state index in [0.29, 0.717) is 5.57 Å². The Morgan fingerprint density at radius 3 is 2.39 bits per heavy atom. The van der Waals surface area contributed by atoms with Gasteiger partial charge in [0.25, 0.3) is 0 Å². The van der Waals surface area contributed by atoms with E-state index in [-0.39, 0.29) is 12.4 Å². The summed E-state index contributed by atoms with van der Waals surface area (Å²) in [6, 6.07) is 9.58. The molecule has 18 heavy (non-hydrogen) atoms. The molecule has 3 nitrogen and oxygen atoms in total. The van der Waals surface area contributed by atoms with Crippen LogP contribution in [0.2, 0.25) is 0 Å².